The predicted molar refractivity (Wildman–Crippen MR) is 103 cm³/mol. The normalized spacial score (nSPS) is 15.9. The van der Waals surface area contributed by atoms with Crippen LogP contribution in [0.15, 0.2) is 41.3 Å². The van der Waals surface area contributed by atoms with E-state index in [9.17, 15) is 22.7 Å². The molecule has 152 valence electrons. The molecule has 0 saturated carbocycles. The van der Waals surface area contributed by atoms with Gasteiger partial charge in [0, 0.05) is 24.2 Å². The Bertz CT molecular complexity index is 1130. The Morgan fingerprint density at radius 1 is 1.28 bits per heavy atom. The Labute approximate surface area is 176 Å². The topological polar surface area (TPSA) is 88.3 Å². The van der Waals surface area contributed by atoms with E-state index in [4.69, 9.17) is 34.5 Å². The molecule has 0 spiro atoms. The Morgan fingerprint density at radius 2 is 1.97 bits per heavy atom. The molecule has 1 fully saturated rings. The third kappa shape index (κ3) is 4.02. The van der Waals surface area contributed by atoms with Crippen LogP contribution in [0.4, 0.5) is 10.1 Å². The zero-order valence-corrected chi connectivity index (χ0v) is 16.9. The van der Waals surface area contributed by atoms with Crippen molar-refractivity contribution in [1.82, 2.24) is 4.31 Å². The van der Waals surface area contributed by atoms with E-state index in [1.807, 2.05) is 0 Å². The van der Waals surface area contributed by atoms with Gasteiger partial charge in [-0.05, 0) is 30.3 Å². The largest absolute Gasteiger partial charge is 0.492 e. The third-order valence-corrected chi connectivity index (χ3v) is 6.99. The van der Waals surface area contributed by atoms with Gasteiger partial charge in [-0.3, -0.25) is 4.79 Å². The molecule has 1 aliphatic heterocycles. The summed E-state index contributed by atoms with van der Waals surface area (Å²) in [5, 5.41) is 9.78. The van der Waals surface area contributed by atoms with E-state index in [0.29, 0.717) is 0 Å². The van der Waals surface area contributed by atoms with Gasteiger partial charge >= 0.3 is 5.97 Å². The van der Waals surface area contributed by atoms with Crippen molar-refractivity contribution in [1.29, 1.82) is 0 Å². The summed E-state index contributed by atoms with van der Waals surface area (Å²) in [5.74, 6) is -2.00. The molecule has 7 nitrogen and oxygen atoms in total. The Balaban J connectivity index is 1.75. The first-order valence-corrected chi connectivity index (χ1v) is 10.3. The van der Waals surface area contributed by atoms with Crippen LogP contribution in [0.25, 0.3) is 4.85 Å². The van der Waals surface area contributed by atoms with Crippen LogP contribution in [0.5, 0.6) is 5.75 Å². The fraction of sp³-hybridized carbons (Fsp3) is 0.222. The maximum absolute atomic E-state index is 13.7. The zero-order valence-electron chi connectivity index (χ0n) is 14.6. The second kappa shape index (κ2) is 7.80. The number of hydrogen-bond acceptors (Lipinski definition) is 4. The molecule has 0 aromatic heterocycles. The highest BCUT2D eigenvalue weighted by atomic mass is 35.5. The molecule has 0 bridgehead atoms. The first-order valence-electron chi connectivity index (χ1n) is 8.07. The fourth-order valence-corrected chi connectivity index (χ4v) is 5.16. The number of aliphatic carboxylic acids is 1. The maximum Gasteiger partial charge on any atom is 0.315 e. The summed E-state index contributed by atoms with van der Waals surface area (Å²) in [6, 6.07) is 7.43. The second-order valence-electron chi connectivity index (χ2n) is 6.45. The van der Waals surface area contributed by atoms with Gasteiger partial charge in [0.2, 0.25) is 15.7 Å². The minimum Gasteiger partial charge on any atom is -0.492 e. The first-order chi connectivity index (χ1) is 13.6. The van der Waals surface area contributed by atoms with Gasteiger partial charge in [0.25, 0.3) is 0 Å². The number of benzene rings is 2. The average Bonchev–Trinajstić information content (AvgIpc) is 2.60. The van der Waals surface area contributed by atoms with E-state index in [0.717, 1.165) is 10.4 Å². The van der Waals surface area contributed by atoms with Crippen molar-refractivity contribution in [3.8, 4) is 5.75 Å². The number of carboxylic acids is 1. The van der Waals surface area contributed by atoms with Gasteiger partial charge in [-0.15, -0.1) is 0 Å². The van der Waals surface area contributed by atoms with Crippen molar-refractivity contribution in [3.63, 3.8) is 0 Å². The standard InChI is InChI=1S/C18H13Cl2FN2O5S/c1-22-15-4-3-12(7-14(15)21)28-10-18(17(24)25)8-23(9-18)29(26,27)16-5-2-11(19)6-13(16)20/h2-7H,8-10H2,(H,24,25). The number of ether oxygens (including phenoxy) is 1. The van der Waals surface area contributed by atoms with Gasteiger partial charge in [0.15, 0.2) is 0 Å². The number of sulfonamides is 1. The van der Waals surface area contributed by atoms with Crippen molar-refractivity contribution in [3.05, 3.63) is 63.7 Å². The van der Waals surface area contributed by atoms with Crippen LogP contribution >= 0.6 is 23.2 Å². The van der Waals surface area contributed by atoms with Crippen molar-refractivity contribution in [2.75, 3.05) is 19.7 Å². The van der Waals surface area contributed by atoms with Crippen molar-refractivity contribution >= 4 is 44.9 Å². The van der Waals surface area contributed by atoms with Gasteiger partial charge in [0.05, 0.1) is 11.6 Å². The Kier molecular flexibility index (Phi) is 5.74. The molecule has 3 rings (SSSR count). The lowest BCUT2D eigenvalue weighted by molar-refractivity contribution is -0.159. The minimum absolute atomic E-state index is 0.0394. The molecule has 2 aromatic carbocycles. The van der Waals surface area contributed by atoms with Crippen molar-refractivity contribution in [2.24, 2.45) is 5.41 Å². The summed E-state index contributed by atoms with van der Waals surface area (Å²) < 4.78 is 45.5. The lowest BCUT2D eigenvalue weighted by Gasteiger charge is -2.45. The molecule has 0 atom stereocenters. The molecule has 11 heteroatoms. The highest BCUT2D eigenvalue weighted by Crippen LogP contribution is 2.38. The molecule has 1 N–H and O–H groups in total. The molecule has 0 radical (unpaired) electrons. The van der Waals surface area contributed by atoms with Gasteiger partial charge in [-0.2, -0.15) is 4.31 Å². The van der Waals surface area contributed by atoms with Crippen LogP contribution in [-0.2, 0) is 14.8 Å². The summed E-state index contributed by atoms with van der Waals surface area (Å²) in [6.07, 6.45) is 0. The van der Waals surface area contributed by atoms with Crippen LogP contribution in [0.1, 0.15) is 0 Å². The lowest BCUT2D eigenvalue weighted by atomic mass is 9.83. The SMILES string of the molecule is [C-]#[N+]c1ccc(OCC2(C(=O)O)CN(S(=O)(=O)c3ccc(Cl)cc3Cl)C2)cc1F. The molecule has 1 aliphatic rings. The number of hydrogen-bond donors (Lipinski definition) is 1. The summed E-state index contributed by atoms with van der Waals surface area (Å²) >= 11 is 11.7. The highest BCUT2D eigenvalue weighted by Gasteiger charge is 2.55. The summed E-state index contributed by atoms with van der Waals surface area (Å²) in [4.78, 5) is 14.6. The first kappa shape index (κ1) is 21.3. The molecule has 0 aliphatic carbocycles. The molecule has 1 saturated heterocycles. The van der Waals surface area contributed by atoms with Crippen molar-refractivity contribution < 1.29 is 27.4 Å². The molecular formula is C18H13Cl2FN2O5S. The molecular weight excluding hydrogens is 446 g/mol. The van der Waals surface area contributed by atoms with Gasteiger partial charge < -0.3 is 9.84 Å². The maximum atomic E-state index is 13.7. The second-order valence-corrected chi connectivity index (χ2v) is 9.20. The van der Waals surface area contributed by atoms with Crippen LogP contribution in [0.3, 0.4) is 0 Å². The smallest absolute Gasteiger partial charge is 0.315 e. The number of carboxylic acid groups (broad SMARTS) is 1. The molecule has 0 unspecified atom stereocenters. The van der Waals surface area contributed by atoms with E-state index in [-0.39, 0.29) is 46.1 Å². The van der Waals surface area contributed by atoms with Crippen LogP contribution in [0.2, 0.25) is 10.0 Å². The lowest BCUT2D eigenvalue weighted by Crippen LogP contribution is -2.64. The van der Waals surface area contributed by atoms with Crippen LogP contribution in [0, 0.1) is 17.8 Å². The van der Waals surface area contributed by atoms with E-state index >= 15 is 0 Å². The van der Waals surface area contributed by atoms with Crippen LogP contribution in [-0.4, -0.2) is 43.5 Å². The average molecular weight is 459 g/mol. The monoisotopic (exact) mass is 458 g/mol. The molecule has 1 heterocycles. The minimum atomic E-state index is -4.02. The molecule has 29 heavy (non-hydrogen) atoms. The van der Waals surface area contributed by atoms with Crippen LogP contribution < -0.4 is 4.74 Å². The zero-order chi connectivity index (χ0) is 21.4. The summed E-state index contributed by atoms with van der Waals surface area (Å²) in [5.41, 5.74) is -1.69. The summed E-state index contributed by atoms with van der Waals surface area (Å²) in [7, 11) is -4.02. The number of carbonyl (C=O) groups is 1. The Morgan fingerprint density at radius 3 is 2.52 bits per heavy atom. The quantitative estimate of drug-likeness (QED) is 0.664. The highest BCUT2D eigenvalue weighted by molar-refractivity contribution is 7.89. The third-order valence-electron chi connectivity index (χ3n) is 4.48. The van der Waals surface area contributed by atoms with Gasteiger partial charge in [0.1, 0.15) is 28.5 Å². The number of nitrogens with zero attached hydrogens (tertiary/aromatic N) is 2. The Hall–Kier alpha value is -2.38. The number of halogens is 3. The van der Waals surface area contributed by atoms with E-state index in [1.165, 1.54) is 30.3 Å². The summed E-state index contributed by atoms with van der Waals surface area (Å²) in [6.45, 7) is 5.76. The number of rotatable bonds is 6. The van der Waals surface area contributed by atoms with Crippen molar-refractivity contribution in [2.45, 2.75) is 4.90 Å². The molecule has 0 amide bonds. The molecule has 2 aromatic rings. The fourth-order valence-electron chi connectivity index (χ4n) is 2.80. The van der Waals surface area contributed by atoms with E-state index in [2.05, 4.69) is 4.85 Å². The van der Waals surface area contributed by atoms with E-state index < -0.39 is 27.2 Å². The van der Waals surface area contributed by atoms with Gasteiger partial charge in [-0.1, -0.05) is 23.2 Å². The van der Waals surface area contributed by atoms with Gasteiger partial charge in [-0.25, -0.2) is 17.7 Å². The predicted octanol–water partition coefficient (Wildman–Crippen LogP) is 3.84. The van der Waals surface area contributed by atoms with E-state index in [1.54, 1.807) is 0 Å².